The fourth-order valence-electron chi connectivity index (χ4n) is 3.27. The maximum Gasteiger partial charge on any atom is 0.143 e. The van der Waals surface area contributed by atoms with Gasteiger partial charge in [-0.2, -0.15) is 0 Å². The second-order valence-electron chi connectivity index (χ2n) is 6.31. The molecular weight excluding hydrogens is 248 g/mol. The molecule has 0 unspecified atom stereocenters. The standard InChI is InChI=1S/C17H26N2O/c1-3-19-12-9-17(2,10-13-19)20-15-8-4-6-14-7-5-11-18-16(14)15/h4,6,8,18H,3,5,7,9-13H2,1-2H3. The molecule has 3 rings (SSSR count). The summed E-state index contributed by atoms with van der Waals surface area (Å²) in [4.78, 5) is 2.50. The van der Waals surface area contributed by atoms with Crippen molar-refractivity contribution in [1.82, 2.24) is 4.90 Å². The minimum atomic E-state index is -0.0140. The van der Waals surface area contributed by atoms with E-state index in [0.29, 0.717) is 0 Å². The van der Waals surface area contributed by atoms with E-state index in [4.69, 9.17) is 4.74 Å². The third-order valence-electron chi connectivity index (χ3n) is 4.75. The lowest BCUT2D eigenvalue weighted by Crippen LogP contribution is -2.46. The van der Waals surface area contributed by atoms with Crippen molar-refractivity contribution in [3.63, 3.8) is 0 Å². The molecule has 0 aliphatic carbocycles. The van der Waals surface area contributed by atoms with Crippen molar-refractivity contribution in [3.05, 3.63) is 23.8 Å². The van der Waals surface area contributed by atoms with Crippen LogP contribution in [0.25, 0.3) is 0 Å². The summed E-state index contributed by atoms with van der Waals surface area (Å²) in [5.41, 5.74) is 2.63. The summed E-state index contributed by atoms with van der Waals surface area (Å²) in [6.07, 6.45) is 4.62. The third kappa shape index (κ3) is 2.78. The molecule has 3 heteroatoms. The van der Waals surface area contributed by atoms with Gasteiger partial charge in [-0.15, -0.1) is 0 Å². The Labute approximate surface area is 122 Å². The largest absolute Gasteiger partial charge is 0.485 e. The summed E-state index contributed by atoms with van der Waals surface area (Å²) in [5.74, 6) is 1.05. The normalized spacial score (nSPS) is 21.9. The van der Waals surface area contributed by atoms with Crippen LogP contribution in [-0.4, -0.2) is 36.7 Å². The SMILES string of the molecule is CCN1CCC(C)(Oc2cccc3c2NCCC3)CC1. The molecule has 2 aliphatic rings. The van der Waals surface area contributed by atoms with Crippen LogP contribution in [0, 0.1) is 0 Å². The molecule has 0 atom stereocenters. The molecule has 1 aromatic rings. The van der Waals surface area contributed by atoms with Gasteiger partial charge in [0.15, 0.2) is 0 Å². The highest BCUT2D eigenvalue weighted by Gasteiger charge is 2.32. The number of piperidine rings is 1. The van der Waals surface area contributed by atoms with E-state index in [-0.39, 0.29) is 5.60 Å². The first-order valence-corrected chi connectivity index (χ1v) is 7.97. The molecule has 0 saturated carbocycles. The summed E-state index contributed by atoms with van der Waals surface area (Å²) in [5, 5.41) is 3.52. The molecular formula is C17H26N2O. The summed E-state index contributed by atoms with van der Waals surface area (Å²) >= 11 is 0. The molecule has 1 fully saturated rings. The van der Waals surface area contributed by atoms with Crippen LogP contribution in [0.3, 0.4) is 0 Å². The van der Waals surface area contributed by atoms with Crippen molar-refractivity contribution in [1.29, 1.82) is 0 Å². The molecule has 0 radical (unpaired) electrons. The molecule has 0 bridgehead atoms. The first kappa shape index (κ1) is 13.7. The smallest absolute Gasteiger partial charge is 0.143 e. The zero-order chi connectivity index (χ0) is 14.0. The van der Waals surface area contributed by atoms with E-state index in [1.807, 2.05) is 0 Å². The van der Waals surface area contributed by atoms with Gasteiger partial charge in [-0.1, -0.05) is 19.1 Å². The quantitative estimate of drug-likeness (QED) is 0.915. The van der Waals surface area contributed by atoms with Crippen molar-refractivity contribution >= 4 is 5.69 Å². The second kappa shape index (κ2) is 5.65. The Balaban J connectivity index is 1.75. The van der Waals surface area contributed by atoms with Crippen LogP contribution in [0.4, 0.5) is 5.69 Å². The first-order chi connectivity index (χ1) is 9.70. The van der Waals surface area contributed by atoms with Gasteiger partial charge in [-0.3, -0.25) is 0 Å². The van der Waals surface area contributed by atoms with Crippen LogP contribution < -0.4 is 10.1 Å². The average molecular weight is 274 g/mol. The van der Waals surface area contributed by atoms with Crippen molar-refractivity contribution in [3.8, 4) is 5.75 Å². The van der Waals surface area contributed by atoms with Crippen LogP contribution in [0.5, 0.6) is 5.75 Å². The van der Waals surface area contributed by atoms with Crippen LogP contribution in [0.2, 0.25) is 0 Å². The van der Waals surface area contributed by atoms with Gasteiger partial charge in [0, 0.05) is 19.6 Å². The maximum absolute atomic E-state index is 6.44. The van der Waals surface area contributed by atoms with Crippen molar-refractivity contribution < 1.29 is 4.74 Å². The number of nitrogens with one attached hydrogen (secondary N) is 1. The number of hydrogen-bond donors (Lipinski definition) is 1. The average Bonchev–Trinajstić information content (AvgIpc) is 2.48. The third-order valence-corrected chi connectivity index (χ3v) is 4.75. The minimum Gasteiger partial charge on any atom is -0.485 e. The summed E-state index contributed by atoms with van der Waals surface area (Å²) in [7, 11) is 0. The number of nitrogens with zero attached hydrogens (tertiary/aromatic N) is 1. The predicted octanol–water partition coefficient (Wildman–Crippen LogP) is 3.30. The molecule has 0 amide bonds. The number of benzene rings is 1. The number of hydrogen-bond acceptors (Lipinski definition) is 3. The van der Waals surface area contributed by atoms with E-state index in [1.54, 1.807) is 0 Å². The zero-order valence-electron chi connectivity index (χ0n) is 12.7. The Hall–Kier alpha value is -1.22. The van der Waals surface area contributed by atoms with Crippen LogP contribution in [0.1, 0.15) is 38.7 Å². The van der Waals surface area contributed by atoms with E-state index >= 15 is 0 Å². The van der Waals surface area contributed by atoms with Crippen LogP contribution >= 0.6 is 0 Å². The van der Waals surface area contributed by atoms with Crippen molar-refractivity contribution in [2.75, 3.05) is 31.5 Å². The van der Waals surface area contributed by atoms with E-state index in [9.17, 15) is 0 Å². The second-order valence-corrected chi connectivity index (χ2v) is 6.31. The summed E-state index contributed by atoms with van der Waals surface area (Å²) < 4.78 is 6.44. The molecule has 3 nitrogen and oxygen atoms in total. The van der Waals surface area contributed by atoms with Crippen molar-refractivity contribution in [2.24, 2.45) is 0 Å². The van der Waals surface area contributed by atoms with Crippen LogP contribution in [-0.2, 0) is 6.42 Å². The van der Waals surface area contributed by atoms with Gasteiger partial charge in [-0.05, 0) is 50.8 Å². The molecule has 2 heterocycles. The molecule has 110 valence electrons. The highest BCUT2D eigenvalue weighted by atomic mass is 16.5. The number of fused-ring (bicyclic) bond motifs is 1. The van der Waals surface area contributed by atoms with Crippen LogP contribution in [0.15, 0.2) is 18.2 Å². The molecule has 0 aromatic heterocycles. The minimum absolute atomic E-state index is 0.0140. The maximum atomic E-state index is 6.44. The van der Waals surface area contributed by atoms with E-state index < -0.39 is 0 Å². The molecule has 2 aliphatic heterocycles. The topological polar surface area (TPSA) is 24.5 Å². The fourth-order valence-corrected chi connectivity index (χ4v) is 3.27. The van der Waals surface area contributed by atoms with Gasteiger partial charge in [-0.25, -0.2) is 0 Å². The Morgan fingerprint density at radius 2 is 2.10 bits per heavy atom. The highest BCUT2D eigenvalue weighted by molar-refractivity contribution is 5.63. The van der Waals surface area contributed by atoms with E-state index in [2.05, 4.69) is 42.3 Å². The Morgan fingerprint density at radius 3 is 2.85 bits per heavy atom. The number of para-hydroxylation sites is 1. The Morgan fingerprint density at radius 1 is 1.30 bits per heavy atom. The van der Waals surface area contributed by atoms with E-state index in [1.165, 1.54) is 24.1 Å². The molecule has 1 N–H and O–H groups in total. The summed E-state index contributed by atoms with van der Waals surface area (Å²) in [6.45, 7) is 9.01. The molecule has 1 saturated heterocycles. The van der Waals surface area contributed by atoms with Gasteiger partial charge in [0.25, 0.3) is 0 Å². The van der Waals surface area contributed by atoms with Gasteiger partial charge in [0.05, 0.1) is 5.69 Å². The molecule has 20 heavy (non-hydrogen) atoms. The first-order valence-electron chi connectivity index (χ1n) is 7.97. The fraction of sp³-hybridized carbons (Fsp3) is 0.647. The Bertz CT molecular complexity index is 464. The Kier molecular flexibility index (Phi) is 3.88. The monoisotopic (exact) mass is 274 g/mol. The van der Waals surface area contributed by atoms with Gasteiger partial charge >= 0.3 is 0 Å². The van der Waals surface area contributed by atoms with Gasteiger partial charge in [0.1, 0.15) is 11.4 Å². The van der Waals surface area contributed by atoms with Gasteiger partial charge in [0.2, 0.25) is 0 Å². The number of rotatable bonds is 3. The predicted molar refractivity (Wildman–Crippen MR) is 83.6 cm³/mol. The van der Waals surface area contributed by atoms with Gasteiger partial charge < -0.3 is 15.0 Å². The molecule has 1 aromatic carbocycles. The zero-order valence-corrected chi connectivity index (χ0v) is 12.7. The number of ether oxygens (including phenoxy) is 1. The number of aryl methyl sites for hydroxylation is 1. The lowest BCUT2D eigenvalue weighted by molar-refractivity contribution is 0.0188. The van der Waals surface area contributed by atoms with E-state index in [0.717, 1.165) is 44.8 Å². The van der Waals surface area contributed by atoms with Crippen molar-refractivity contribution in [2.45, 2.75) is 45.1 Å². The number of likely N-dealkylation sites (tertiary alicyclic amines) is 1. The summed E-state index contributed by atoms with van der Waals surface area (Å²) in [6, 6.07) is 6.47. The highest BCUT2D eigenvalue weighted by Crippen LogP contribution is 2.36. The lowest BCUT2D eigenvalue weighted by Gasteiger charge is -2.40. The lowest BCUT2D eigenvalue weighted by atomic mass is 9.93. The number of anilines is 1. The molecule has 0 spiro atoms.